The van der Waals surface area contributed by atoms with Crippen molar-refractivity contribution in [3.8, 4) is 5.75 Å². The van der Waals surface area contributed by atoms with Gasteiger partial charge < -0.3 is 4.74 Å². The van der Waals surface area contributed by atoms with E-state index in [1.54, 1.807) is 42.5 Å². The van der Waals surface area contributed by atoms with Gasteiger partial charge in [0.15, 0.2) is 0 Å². The third-order valence-electron chi connectivity index (χ3n) is 3.28. The maximum Gasteiger partial charge on any atom is 0.261 e. The van der Waals surface area contributed by atoms with Crippen LogP contribution in [0.3, 0.4) is 0 Å². The number of hydrogen-bond acceptors (Lipinski definition) is 5. The van der Waals surface area contributed by atoms with Crippen LogP contribution in [0.5, 0.6) is 5.75 Å². The number of amides is 1. The Kier molecular flexibility index (Phi) is 5.53. The standard InChI is InChI=1S/C17H13Cl2N3O2S/c1-10-21-22-17(25-10)20-16(23)13-4-2-3-5-15(13)24-9-11-6-7-12(18)8-14(11)19/h2-8H,9H2,1H3,(H,20,22,23). The lowest BCUT2D eigenvalue weighted by Crippen LogP contribution is -2.13. The van der Waals surface area contributed by atoms with E-state index in [1.165, 1.54) is 11.3 Å². The second-order valence-electron chi connectivity index (χ2n) is 5.10. The first kappa shape index (κ1) is 17.7. The van der Waals surface area contributed by atoms with E-state index in [9.17, 15) is 4.79 Å². The van der Waals surface area contributed by atoms with Crippen LogP contribution in [0, 0.1) is 6.92 Å². The molecule has 1 heterocycles. The Balaban J connectivity index is 1.75. The molecule has 1 amide bonds. The number of hydrogen-bond donors (Lipinski definition) is 1. The van der Waals surface area contributed by atoms with Crippen molar-refractivity contribution in [3.05, 3.63) is 68.6 Å². The Morgan fingerprint density at radius 3 is 2.72 bits per heavy atom. The minimum Gasteiger partial charge on any atom is -0.488 e. The molecule has 3 aromatic rings. The van der Waals surface area contributed by atoms with E-state index in [-0.39, 0.29) is 12.5 Å². The minimum absolute atomic E-state index is 0.220. The van der Waals surface area contributed by atoms with Crippen LogP contribution in [-0.4, -0.2) is 16.1 Å². The number of nitrogens with one attached hydrogen (secondary N) is 1. The van der Waals surface area contributed by atoms with Crippen molar-refractivity contribution in [2.45, 2.75) is 13.5 Å². The van der Waals surface area contributed by atoms with Gasteiger partial charge in [0.25, 0.3) is 5.91 Å². The maximum absolute atomic E-state index is 12.5. The van der Waals surface area contributed by atoms with E-state index in [1.807, 2.05) is 6.92 Å². The molecule has 0 bridgehead atoms. The summed E-state index contributed by atoms with van der Waals surface area (Å²) in [4.78, 5) is 12.5. The summed E-state index contributed by atoms with van der Waals surface area (Å²) in [5, 5.41) is 12.8. The van der Waals surface area contributed by atoms with Crippen LogP contribution in [0.25, 0.3) is 0 Å². The summed E-state index contributed by atoms with van der Waals surface area (Å²) in [6.07, 6.45) is 0. The Morgan fingerprint density at radius 1 is 1.20 bits per heavy atom. The van der Waals surface area contributed by atoms with Gasteiger partial charge in [-0.3, -0.25) is 10.1 Å². The highest BCUT2D eigenvalue weighted by atomic mass is 35.5. The number of benzene rings is 2. The number of halogens is 2. The van der Waals surface area contributed by atoms with Crippen molar-refractivity contribution in [2.75, 3.05) is 5.32 Å². The summed E-state index contributed by atoms with van der Waals surface area (Å²) in [6.45, 7) is 2.04. The molecule has 0 aliphatic heterocycles. The quantitative estimate of drug-likeness (QED) is 0.663. The van der Waals surface area contributed by atoms with E-state index in [0.717, 1.165) is 10.6 Å². The number of rotatable bonds is 5. The molecule has 0 spiro atoms. The predicted octanol–water partition coefficient (Wildman–Crippen LogP) is 4.98. The van der Waals surface area contributed by atoms with E-state index >= 15 is 0 Å². The number of ether oxygens (including phenoxy) is 1. The second-order valence-corrected chi connectivity index (χ2v) is 7.13. The molecule has 3 rings (SSSR count). The van der Waals surface area contributed by atoms with Crippen molar-refractivity contribution < 1.29 is 9.53 Å². The van der Waals surface area contributed by atoms with Gasteiger partial charge in [-0.1, -0.05) is 52.7 Å². The van der Waals surface area contributed by atoms with Gasteiger partial charge in [0, 0.05) is 15.6 Å². The average Bonchev–Trinajstić information content (AvgIpc) is 2.99. The number of carbonyl (C=O) groups is 1. The lowest BCUT2D eigenvalue weighted by Gasteiger charge is -2.12. The average molecular weight is 394 g/mol. The fraction of sp³-hybridized carbons (Fsp3) is 0.118. The molecule has 0 unspecified atom stereocenters. The summed E-state index contributed by atoms with van der Waals surface area (Å²) in [5.41, 5.74) is 1.18. The van der Waals surface area contributed by atoms with E-state index in [4.69, 9.17) is 27.9 Å². The van der Waals surface area contributed by atoms with Gasteiger partial charge in [-0.25, -0.2) is 0 Å². The van der Waals surface area contributed by atoms with Gasteiger partial charge in [-0.05, 0) is 31.2 Å². The van der Waals surface area contributed by atoms with Gasteiger partial charge in [0.05, 0.1) is 5.56 Å². The molecule has 0 aliphatic carbocycles. The molecule has 0 fully saturated rings. The number of para-hydroxylation sites is 1. The van der Waals surface area contributed by atoms with Gasteiger partial charge >= 0.3 is 0 Å². The van der Waals surface area contributed by atoms with Crippen molar-refractivity contribution in [2.24, 2.45) is 0 Å². The van der Waals surface area contributed by atoms with Crippen LogP contribution in [-0.2, 0) is 6.61 Å². The molecule has 0 saturated heterocycles. The number of aryl methyl sites for hydroxylation is 1. The molecule has 128 valence electrons. The molecule has 8 heteroatoms. The zero-order chi connectivity index (χ0) is 17.8. The Labute approximate surface area is 158 Å². The minimum atomic E-state index is -0.311. The van der Waals surface area contributed by atoms with Crippen LogP contribution in [0.15, 0.2) is 42.5 Å². The van der Waals surface area contributed by atoms with Crippen LogP contribution in [0.4, 0.5) is 5.13 Å². The van der Waals surface area contributed by atoms with Crippen LogP contribution in [0.2, 0.25) is 10.0 Å². The van der Waals surface area contributed by atoms with Crippen molar-refractivity contribution >= 4 is 45.6 Å². The molecule has 0 atom stereocenters. The third kappa shape index (κ3) is 4.48. The molecule has 0 aliphatic rings. The fourth-order valence-corrected chi connectivity index (χ4v) is 3.14. The van der Waals surface area contributed by atoms with Crippen LogP contribution < -0.4 is 10.1 Å². The number of carbonyl (C=O) groups excluding carboxylic acids is 1. The summed E-state index contributed by atoms with van der Waals surface area (Å²) in [7, 11) is 0. The van der Waals surface area contributed by atoms with Gasteiger partial charge in [0.2, 0.25) is 5.13 Å². The predicted molar refractivity (Wildman–Crippen MR) is 99.8 cm³/mol. The summed E-state index contributed by atoms with van der Waals surface area (Å²) >= 11 is 13.3. The number of nitrogens with zero attached hydrogens (tertiary/aromatic N) is 2. The fourth-order valence-electron chi connectivity index (χ4n) is 2.09. The van der Waals surface area contributed by atoms with Gasteiger partial charge in [-0.15, -0.1) is 10.2 Å². The van der Waals surface area contributed by atoms with E-state index in [0.29, 0.717) is 26.5 Å². The monoisotopic (exact) mass is 393 g/mol. The zero-order valence-electron chi connectivity index (χ0n) is 13.1. The first-order valence-corrected chi connectivity index (χ1v) is 8.87. The van der Waals surface area contributed by atoms with Crippen molar-refractivity contribution in [3.63, 3.8) is 0 Å². The van der Waals surface area contributed by atoms with Crippen molar-refractivity contribution in [1.82, 2.24) is 10.2 Å². The summed E-state index contributed by atoms with van der Waals surface area (Å²) < 4.78 is 5.79. The molecule has 5 nitrogen and oxygen atoms in total. The number of anilines is 1. The molecule has 0 radical (unpaired) electrons. The lowest BCUT2D eigenvalue weighted by atomic mass is 10.2. The van der Waals surface area contributed by atoms with Crippen molar-refractivity contribution in [1.29, 1.82) is 0 Å². The SMILES string of the molecule is Cc1nnc(NC(=O)c2ccccc2OCc2ccc(Cl)cc2Cl)s1. The summed E-state index contributed by atoms with van der Waals surface area (Å²) in [6, 6.07) is 12.2. The first-order valence-electron chi connectivity index (χ1n) is 7.30. The summed E-state index contributed by atoms with van der Waals surface area (Å²) in [5.74, 6) is 0.140. The van der Waals surface area contributed by atoms with Crippen LogP contribution >= 0.6 is 34.5 Å². The molecule has 25 heavy (non-hydrogen) atoms. The molecule has 2 aromatic carbocycles. The maximum atomic E-state index is 12.5. The second kappa shape index (κ2) is 7.82. The number of aromatic nitrogens is 2. The van der Waals surface area contributed by atoms with Gasteiger partial charge in [-0.2, -0.15) is 0 Å². The Morgan fingerprint density at radius 2 is 2.00 bits per heavy atom. The lowest BCUT2D eigenvalue weighted by molar-refractivity contribution is 0.102. The zero-order valence-corrected chi connectivity index (χ0v) is 15.5. The highest BCUT2D eigenvalue weighted by molar-refractivity contribution is 7.15. The van der Waals surface area contributed by atoms with Gasteiger partial charge in [0.1, 0.15) is 17.4 Å². The highest BCUT2D eigenvalue weighted by Gasteiger charge is 2.14. The molecule has 1 aromatic heterocycles. The topological polar surface area (TPSA) is 64.1 Å². The molecular weight excluding hydrogens is 381 g/mol. The van der Waals surface area contributed by atoms with E-state index < -0.39 is 0 Å². The molecule has 0 saturated carbocycles. The molecular formula is C17H13Cl2N3O2S. The normalized spacial score (nSPS) is 10.5. The Bertz CT molecular complexity index is 914. The Hall–Kier alpha value is -2.15. The van der Waals surface area contributed by atoms with Crippen LogP contribution in [0.1, 0.15) is 20.9 Å². The molecule has 1 N–H and O–H groups in total. The first-order chi connectivity index (χ1) is 12.0. The smallest absolute Gasteiger partial charge is 0.261 e. The van der Waals surface area contributed by atoms with E-state index in [2.05, 4.69) is 15.5 Å². The third-order valence-corrected chi connectivity index (χ3v) is 4.62. The highest BCUT2D eigenvalue weighted by Crippen LogP contribution is 2.25. The largest absolute Gasteiger partial charge is 0.488 e.